The molecule has 0 atom stereocenters. The fourth-order valence-corrected chi connectivity index (χ4v) is 3.72. The minimum Gasteiger partial charge on any atom is -0.455 e. The molecule has 1 saturated heterocycles. The molecule has 1 fully saturated rings. The number of piperidine rings is 1. The van der Waals surface area contributed by atoms with Crippen molar-refractivity contribution in [3.8, 4) is 0 Å². The molecule has 0 saturated carbocycles. The van der Waals surface area contributed by atoms with Crippen molar-refractivity contribution in [3.05, 3.63) is 29.8 Å². The molecule has 144 valence electrons. The quantitative estimate of drug-likeness (QED) is 0.744. The average Bonchev–Trinajstić information content (AvgIpc) is 2.62. The number of nitrogens with zero attached hydrogens (tertiary/aromatic N) is 1. The van der Waals surface area contributed by atoms with Crippen molar-refractivity contribution in [2.45, 2.75) is 19.8 Å². The summed E-state index contributed by atoms with van der Waals surface area (Å²) in [5.41, 5.74) is -0.217. The van der Waals surface area contributed by atoms with Crippen molar-refractivity contribution in [1.29, 1.82) is 0 Å². The fourth-order valence-electron chi connectivity index (χ4n) is 2.58. The summed E-state index contributed by atoms with van der Waals surface area (Å²) in [5.74, 6) is -3.56. The maximum atomic E-state index is 13.4. The van der Waals surface area contributed by atoms with E-state index in [9.17, 15) is 26.8 Å². The Morgan fingerprint density at radius 1 is 1.27 bits per heavy atom. The minimum absolute atomic E-state index is 0.00221. The van der Waals surface area contributed by atoms with E-state index in [2.05, 4.69) is 5.32 Å². The van der Waals surface area contributed by atoms with Gasteiger partial charge in [-0.15, -0.1) is 0 Å². The van der Waals surface area contributed by atoms with Crippen LogP contribution in [0.15, 0.2) is 18.2 Å². The number of anilines is 1. The first kappa shape index (κ1) is 20.2. The third-order valence-electron chi connectivity index (χ3n) is 4.10. The van der Waals surface area contributed by atoms with E-state index in [1.165, 1.54) is 4.31 Å². The molecular formula is C16H20F2N2O5S. The number of ether oxygens (including phenoxy) is 1. The lowest BCUT2D eigenvalue weighted by Crippen LogP contribution is -2.41. The van der Waals surface area contributed by atoms with Crippen molar-refractivity contribution in [2.75, 3.05) is 30.8 Å². The van der Waals surface area contributed by atoms with Gasteiger partial charge < -0.3 is 10.1 Å². The topological polar surface area (TPSA) is 92.8 Å². The lowest BCUT2D eigenvalue weighted by Gasteiger charge is -2.29. The van der Waals surface area contributed by atoms with Gasteiger partial charge in [0.25, 0.3) is 5.91 Å². The second-order valence-corrected chi connectivity index (χ2v) is 8.11. The zero-order valence-electron chi connectivity index (χ0n) is 14.2. The third kappa shape index (κ3) is 5.21. The Morgan fingerprint density at radius 2 is 1.92 bits per heavy atom. The highest BCUT2D eigenvalue weighted by atomic mass is 32.2. The first-order chi connectivity index (χ1) is 12.2. The number of hydrogen-bond acceptors (Lipinski definition) is 5. The molecule has 7 nitrogen and oxygen atoms in total. The van der Waals surface area contributed by atoms with Crippen LogP contribution in [0, 0.1) is 17.6 Å². The summed E-state index contributed by atoms with van der Waals surface area (Å²) in [5, 5.41) is 2.18. The highest BCUT2D eigenvalue weighted by Gasteiger charge is 2.31. The second-order valence-electron chi connectivity index (χ2n) is 5.85. The normalized spacial score (nSPS) is 16.3. The average molecular weight is 390 g/mol. The van der Waals surface area contributed by atoms with Crippen molar-refractivity contribution in [2.24, 2.45) is 5.92 Å². The molecule has 1 aromatic rings. The Hall–Kier alpha value is -2.07. The maximum absolute atomic E-state index is 13.4. The van der Waals surface area contributed by atoms with Crippen molar-refractivity contribution in [3.63, 3.8) is 0 Å². The second kappa shape index (κ2) is 8.54. The number of amides is 1. The van der Waals surface area contributed by atoms with E-state index in [4.69, 9.17) is 4.74 Å². The molecule has 0 radical (unpaired) electrons. The van der Waals surface area contributed by atoms with Gasteiger partial charge in [-0.3, -0.25) is 9.59 Å². The van der Waals surface area contributed by atoms with Crippen LogP contribution < -0.4 is 5.32 Å². The van der Waals surface area contributed by atoms with Gasteiger partial charge in [-0.05, 0) is 31.9 Å². The smallest absolute Gasteiger partial charge is 0.309 e. The summed E-state index contributed by atoms with van der Waals surface area (Å²) in [4.78, 5) is 23.7. The monoisotopic (exact) mass is 390 g/mol. The summed E-state index contributed by atoms with van der Waals surface area (Å²) in [6.07, 6.45) is 0.624. The number of sulfonamides is 1. The lowest BCUT2D eigenvalue weighted by molar-refractivity contribution is -0.152. The molecule has 0 spiro atoms. The number of benzene rings is 1. The molecule has 1 N–H and O–H groups in total. The molecule has 1 aliphatic rings. The predicted octanol–water partition coefficient (Wildman–Crippen LogP) is 1.51. The Balaban J connectivity index is 1.79. The van der Waals surface area contributed by atoms with Crippen LogP contribution in [0.4, 0.5) is 14.5 Å². The summed E-state index contributed by atoms with van der Waals surface area (Å²) in [7, 11) is -3.28. The van der Waals surface area contributed by atoms with E-state index < -0.39 is 46.1 Å². The summed E-state index contributed by atoms with van der Waals surface area (Å²) < 4.78 is 56.0. The van der Waals surface area contributed by atoms with Gasteiger partial charge in [-0.25, -0.2) is 21.5 Å². The summed E-state index contributed by atoms with van der Waals surface area (Å²) >= 11 is 0. The number of hydrogen-bond donors (Lipinski definition) is 1. The van der Waals surface area contributed by atoms with E-state index in [-0.39, 0.29) is 24.5 Å². The van der Waals surface area contributed by atoms with Crippen LogP contribution in [-0.4, -0.2) is 50.0 Å². The predicted molar refractivity (Wildman–Crippen MR) is 89.7 cm³/mol. The number of nitrogens with one attached hydrogen (secondary N) is 1. The zero-order chi connectivity index (χ0) is 19.3. The number of carbonyl (C=O) groups excluding carboxylic acids is 2. The Bertz CT molecular complexity index is 777. The van der Waals surface area contributed by atoms with Gasteiger partial charge in [0.15, 0.2) is 6.61 Å². The standard InChI is InChI=1S/C16H20F2N2O5S/c1-2-26(23,24)20-7-5-11(6-8-20)16(22)25-10-15(21)19-14-4-3-12(17)9-13(14)18/h3-4,9,11H,2,5-8,10H2,1H3,(H,19,21). The highest BCUT2D eigenvalue weighted by Crippen LogP contribution is 2.21. The van der Waals surface area contributed by atoms with Crippen LogP contribution in [0.3, 0.4) is 0 Å². The number of esters is 1. The van der Waals surface area contributed by atoms with Gasteiger partial charge in [0.1, 0.15) is 11.6 Å². The molecule has 1 amide bonds. The van der Waals surface area contributed by atoms with Gasteiger partial charge in [0, 0.05) is 19.2 Å². The first-order valence-electron chi connectivity index (χ1n) is 8.12. The molecule has 26 heavy (non-hydrogen) atoms. The molecule has 0 aromatic heterocycles. The van der Waals surface area contributed by atoms with E-state index in [0.717, 1.165) is 12.1 Å². The van der Waals surface area contributed by atoms with E-state index >= 15 is 0 Å². The van der Waals surface area contributed by atoms with Crippen LogP contribution in [0.2, 0.25) is 0 Å². The Kier molecular flexibility index (Phi) is 6.65. The van der Waals surface area contributed by atoms with Crippen molar-refractivity contribution in [1.82, 2.24) is 4.31 Å². The van der Waals surface area contributed by atoms with Crippen molar-refractivity contribution >= 4 is 27.6 Å². The van der Waals surface area contributed by atoms with Gasteiger partial charge in [0.05, 0.1) is 17.4 Å². The first-order valence-corrected chi connectivity index (χ1v) is 9.73. The highest BCUT2D eigenvalue weighted by molar-refractivity contribution is 7.89. The molecule has 10 heteroatoms. The number of halogens is 2. The SMILES string of the molecule is CCS(=O)(=O)N1CCC(C(=O)OCC(=O)Nc2ccc(F)cc2F)CC1. The summed E-state index contributed by atoms with van der Waals surface area (Å²) in [6, 6.07) is 2.68. The molecule has 1 heterocycles. The molecule has 0 unspecified atom stereocenters. The van der Waals surface area contributed by atoms with Gasteiger partial charge in [-0.2, -0.15) is 0 Å². The summed E-state index contributed by atoms with van der Waals surface area (Å²) in [6.45, 7) is 1.40. The van der Waals surface area contributed by atoms with Crippen molar-refractivity contribution < 1.29 is 31.5 Å². The van der Waals surface area contributed by atoms with E-state index in [1.54, 1.807) is 6.92 Å². The van der Waals surface area contributed by atoms with E-state index in [1.807, 2.05) is 0 Å². The minimum atomic E-state index is -3.28. The lowest BCUT2D eigenvalue weighted by atomic mass is 9.98. The molecule has 0 aliphatic carbocycles. The maximum Gasteiger partial charge on any atom is 0.309 e. The van der Waals surface area contributed by atoms with E-state index in [0.29, 0.717) is 18.9 Å². The fraction of sp³-hybridized carbons (Fsp3) is 0.500. The molecule has 1 aromatic carbocycles. The Labute approximate surface area is 150 Å². The molecule has 2 rings (SSSR count). The number of carbonyl (C=O) groups is 2. The zero-order valence-corrected chi connectivity index (χ0v) is 15.0. The van der Waals surface area contributed by atoms with Gasteiger partial charge in [0.2, 0.25) is 10.0 Å². The van der Waals surface area contributed by atoms with Gasteiger partial charge >= 0.3 is 5.97 Å². The molecule has 0 bridgehead atoms. The van der Waals surface area contributed by atoms with Crippen LogP contribution >= 0.6 is 0 Å². The van der Waals surface area contributed by atoms with Crippen LogP contribution in [0.25, 0.3) is 0 Å². The molecular weight excluding hydrogens is 370 g/mol. The Morgan fingerprint density at radius 3 is 2.50 bits per heavy atom. The van der Waals surface area contributed by atoms with Gasteiger partial charge in [-0.1, -0.05) is 0 Å². The van der Waals surface area contributed by atoms with Crippen LogP contribution in [0.1, 0.15) is 19.8 Å². The third-order valence-corrected chi connectivity index (χ3v) is 5.98. The van der Waals surface area contributed by atoms with Crippen LogP contribution in [-0.2, 0) is 24.3 Å². The number of rotatable bonds is 6. The largest absolute Gasteiger partial charge is 0.455 e. The molecule has 1 aliphatic heterocycles. The van der Waals surface area contributed by atoms with Crippen LogP contribution in [0.5, 0.6) is 0 Å².